The van der Waals surface area contributed by atoms with E-state index in [1.165, 1.54) is 13.2 Å². The van der Waals surface area contributed by atoms with E-state index in [1.54, 1.807) is 35.0 Å². The van der Waals surface area contributed by atoms with Gasteiger partial charge in [0.1, 0.15) is 11.4 Å². The fraction of sp³-hybridized carbons (Fsp3) is 0.263. The first-order valence-corrected chi connectivity index (χ1v) is 8.38. The maximum absolute atomic E-state index is 13.2. The lowest BCUT2D eigenvalue weighted by molar-refractivity contribution is 0.0594. The number of hydrogen-bond acceptors (Lipinski definition) is 5. The molecule has 7 heteroatoms. The maximum atomic E-state index is 13.2. The van der Waals surface area contributed by atoms with Crippen molar-refractivity contribution < 1.29 is 14.3 Å². The van der Waals surface area contributed by atoms with Gasteiger partial charge in [0, 0.05) is 11.6 Å². The minimum absolute atomic E-state index is 0.0789. The van der Waals surface area contributed by atoms with Crippen LogP contribution in [0.15, 0.2) is 36.5 Å². The van der Waals surface area contributed by atoms with Crippen LogP contribution in [0.1, 0.15) is 53.0 Å². The molecule has 0 fully saturated rings. The number of rotatable bonds is 3. The Kier molecular flexibility index (Phi) is 4.54. The Labute approximate surface area is 155 Å². The van der Waals surface area contributed by atoms with Gasteiger partial charge in [-0.05, 0) is 24.3 Å². The Morgan fingerprint density at radius 1 is 1.12 bits per heavy atom. The summed E-state index contributed by atoms with van der Waals surface area (Å²) in [6.07, 6.45) is 1.65. The zero-order valence-corrected chi connectivity index (χ0v) is 15.7. The van der Waals surface area contributed by atoms with Crippen molar-refractivity contribution in [1.82, 2.24) is 14.6 Å². The number of pyridine rings is 2. The van der Waals surface area contributed by atoms with Crippen molar-refractivity contribution in [1.29, 1.82) is 0 Å². The highest BCUT2D eigenvalue weighted by atomic mass is 35.5. The molecular weight excluding hydrogens is 354 g/mol. The molecule has 0 amide bonds. The van der Waals surface area contributed by atoms with Crippen LogP contribution in [0.2, 0.25) is 5.02 Å². The van der Waals surface area contributed by atoms with Crippen LogP contribution in [-0.4, -0.2) is 33.5 Å². The fourth-order valence-corrected chi connectivity index (χ4v) is 2.84. The Balaban J connectivity index is 2.21. The lowest BCUT2D eigenvalue weighted by Crippen LogP contribution is -2.18. The van der Waals surface area contributed by atoms with Crippen molar-refractivity contribution in [3.8, 4) is 0 Å². The number of fused-ring (bicyclic) bond motifs is 1. The first-order chi connectivity index (χ1) is 12.2. The summed E-state index contributed by atoms with van der Waals surface area (Å²) in [5.41, 5.74) is 1.58. The molecule has 0 atom stereocenters. The van der Waals surface area contributed by atoms with Gasteiger partial charge in [-0.1, -0.05) is 38.4 Å². The topological polar surface area (TPSA) is 73.6 Å². The van der Waals surface area contributed by atoms with Gasteiger partial charge in [-0.3, -0.25) is 4.79 Å². The highest BCUT2D eigenvalue weighted by molar-refractivity contribution is 6.30. The Morgan fingerprint density at radius 3 is 2.46 bits per heavy atom. The molecule has 26 heavy (non-hydrogen) atoms. The molecule has 134 valence electrons. The number of ether oxygens (including phenoxy) is 1. The van der Waals surface area contributed by atoms with E-state index in [2.05, 4.69) is 14.8 Å². The molecule has 6 nitrogen and oxygen atoms in total. The van der Waals surface area contributed by atoms with E-state index in [-0.39, 0.29) is 22.6 Å². The second-order valence-corrected chi connectivity index (χ2v) is 7.32. The third-order valence-electron chi connectivity index (χ3n) is 3.91. The van der Waals surface area contributed by atoms with E-state index >= 15 is 0 Å². The molecule has 0 unspecified atom stereocenters. The van der Waals surface area contributed by atoms with Crippen LogP contribution in [0.4, 0.5) is 0 Å². The fourth-order valence-electron chi connectivity index (χ4n) is 2.68. The van der Waals surface area contributed by atoms with Crippen molar-refractivity contribution in [3.63, 3.8) is 0 Å². The van der Waals surface area contributed by atoms with Crippen molar-refractivity contribution in [2.75, 3.05) is 7.11 Å². The molecule has 0 aliphatic heterocycles. The van der Waals surface area contributed by atoms with Gasteiger partial charge in [0.15, 0.2) is 0 Å². The zero-order chi connectivity index (χ0) is 19.1. The minimum Gasteiger partial charge on any atom is -0.464 e. The Hall–Kier alpha value is -2.73. The predicted octanol–water partition coefficient (Wildman–Crippen LogP) is 3.70. The summed E-state index contributed by atoms with van der Waals surface area (Å²) < 4.78 is 6.28. The standard InChI is InChI=1S/C19H18ClN3O3/c1-19(2,3)17-15(14-9-8-11(20)10-23(14)22-17)16(24)12-6-5-7-13(21-12)18(25)26-4/h5-10H,1-4H3. The van der Waals surface area contributed by atoms with Crippen molar-refractivity contribution >= 4 is 28.9 Å². The number of nitrogens with zero attached hydrogens (tertiary/aromatic N) is 3. The van der Waals surface area contributed by atoms with E-state index in [1.807, 2.05) is 20.8 Å². The molecule has 0 aliphatic rings. The number of hydrogen-bond donors (Lipinski definition) is 0. The average molecular weight is 372 g/mol. The van der Waals surface area contributed by atoms with Gasteiger partial charge in [-0.2, -0.15) is 5.10 Å². The molecule has 0 aliphatic carbocycles. The zero-order valence-electron chi connectivity index (χ0n) is 14.9. The van der Waals surface area contributed by atoms with Gasteiger partial charge in [0.05, 0.1) is 28.9 Å². The normalized spacial score (nSPS) is 11.6. The molecule has 0 radical (unpaired) electrons. The molecular formula is C19H18ClN3O3. The van der Waals surface area contributed by atoms with E-state index in [0.29, 0.717) is 21.8 Å². The summed E-state index contributed by atoms with van der Waals surface area (Å²) in [4.78, 5) is 29.1. The number of ketones is 1. The minimum atomic E-state index is -0.595. The van der Waals surface area contributed by atoms with Crippen LogP contribution in [0.5, 0.6) is 0 Å². The molecule has 3 aromatic rings. The molecule has 0 spiro atoms. The first-order valence-electron chi connectivity index (χ1n) is 8.01. The first kappa shape index (κ1) is 18.1. The summed E-state index contributed by atoms with van der Waals surface area (Å²) in [5.74, 6) is -0.902. The molecule has 3 heterocycles. The largest absolute Gasteiger partial charge is 0.464 e. The summed E-state index contributed by atoms with van der Waals surface area (Å²) in [5, 5.41) is 5.08. The van der Waals surface area contributed by atoms with Crippen LogP contribution in [0.3, 0.4) is 0 Å². The lowest BCUT2D eigenvalue weighted by Gasteiger charge is -2.16. The Morgan fingerprint density at radius 2 is 1.81 bits per heavy atom. The van der Waals surface area contributed by atoms with Crippen molar-refractivity contribution in [3.05, 3.63) is 64.2 Å². The molecule has 0 N–H and O–H groups in total. The number of carbonyl (C=O) groups is 2. The quantitative estimate of drug-likeness (QED) is 0.518. The highest BCUT2D eigenvalue weighted by Gasteiger charge is 2.29. The third kappa shape index (κ3) is 3.20. The van der Waals surface area contributed by atoms with Crippen LogP contribution < -0.4 is 0 Å². The number of carbonyl (C=O) groups excluding carboxylic acids is 2. The van der Waals surface area contributed by atoms with Crippen LogP contribution in [0, 0.1) is 0 Å². The van der Waals surface area contributed by atoms with E-state index < -0.39 is 5.97 Å². The van der Waals surface area contributed by atoms with Gasteiger partial charge < -0.3 is 4.74 Å². The maximum Gasteiger partial charge on any atom is 0.356 e. The summed E-state index contributed by atoms with van der Waals surface area (Å²) in [6.45, 7) is 5.93. The number of esters is 1. The summed E-state index contributed by atoms with van der Waals surface area (Å²) in [7, 11) is 1.27. The molecule has 3 rings (SSSR count). The van der Waals surface area contributed by atoms with Gasteiger partial charge >= 0.3 is 5.97 Å². The van der Waals surface area contributed by atoms with Crippen LogP contribution >= 0.6 is 11.6 Å². The van der Waals surface area contributed by atoms with Crippen molar-refractivity contribution in [2.45, 2.75) is 26.2 Å². The second-order valence-electron chi connectivity index (χ2n) is 6.88. The van der Waals surface area contributed by atoms with E-state index in [4.69, 9.17) is 11.6 Å². The Bertz CT molecular complexity index is 1020. The SMILES string of the molecule is COC(=O)c1cccc(C(=O)c2c(C(C)(C)C)nn3cc(Cl)ccc23)n1. The summed E-state index contributed by atoms with van der Waals surface area (Å²) in [6, 6.07) is 8.14. The van der Waals surface area contributed by atoms with Crippen LogP contribution in [-0.2, 0) is 10.2 Å². The third-order valence-corrected chi connectivity index (χ3v) is 4.13. The molecule has 0 saturated heterocycles. The van der Waals surface area contributed by atoms with Crippen molar-refractivity contribution in [2.24, 2.45) is 0 Å². The van der Waals surface area contributed by atoms with E-state index in [9.17, 15) is 9.59 Å². The summed E-state index contributed by atoms with van der Waals surface area (Å²) >= 11 is 6.05. The van der Waals surface area contributed by atoms with Gasteiger partial charge in [0.25, 0.3) is 0 Å². The number of halogens is 1. The molecule has 0 aromatic carbocycles. The van der Waals surface area contributed by atoms with E-state index in [0.717, 1.165) is 0 Å². The highest BCUT2D eigenvalue weighted by Crippen LogP contribution is 2.30. The molecule has 3 aromatic heterocycles. The van der Waals surface area contributed by atoms with Gasteiger partial charge in [-0.25, -0.2) is 14.3 Å². The molecule has 0 bridgehead atoms. The number of methoxy groups -OCH3 is 1. The molecule has 0 saturated carbocycles. The van der Waals surface area contributed by atoms with Gasteiger partial charge in [-0.15, -0.1) is 0 Å². The monoisotopic (exact) mass is 371 g/mol. The average Bonchev–Trinajstić information content (AvgIpc) is 2.99. The predicted molar refractivity (Wildman–Crippen MR) is 97.9 cm³/mol. The van der Waals surface area contributed by atoms with Crippen LogP contribution in [0.25, 0.3) is 5.52 Å². The smallest absolute Gasteiger partial charge is 0.356 e. The number of aromatic nitrogens is 3. The lowest BCUT2D eigenvalue weighted by atomic mass is 9.87. The van der Waals surface area contributed by atoms with Gasteiger partial charge in [0.2, 0.25) is 5.78 Å². The second kappa shape index (κ2) is 6.53.